The van der Waals surface area contributed by atoms with E-state index >= 15 is 0 Å². The van der Waals surface area contributed by atoms with E-state index < -0.39 is 6.10 Å². The van der Waals surface area contributed by atoms with Gasteiger partial charge in [-0.2, -0.15) is 0 Å². The SMILES string of the molecule is Cc1ccc(OCC(O)CN2CCC(COc3ccccn3)CC2)c2nc[nH]c12.Cl. The van der Waals surface area contributed by atoms with Crippen molar-refractivity contribution in [3.63, 3.8) is 0 Å². The van der Waals surface area contributed by atoms with Crippen LogP contribution in [-0.2, 0) is 0 Å². The zero-order valence-electron chi connectivity index (χ0n) is 17.2. The highest BCUT2D eigenvalue weighted by Gasteiger charge is 2.22. The number of aliphatic hydroxyl groups is 1. The molecule has 30 heavy (non-hydrogen) atoms. The van der Waals surface area contributed by atoms with Crippen LogP contribution in [0.4, 0.5) is 0 Å². The number of hydrogen-bond donors (Lipinski definition) is 2. The average molecular weight is 433 g/mol. The van der Waals surface area contributed by atoms with Crippen LogP contribution < -0.4 is 9.47 Å². The molecule has 1 fully saturated rings. The van der Waals surface area contributed by atoms with E-state index in [1.165, 1.54) is 0 Å². The second-order valence-electron chi connectivity index (χ2n) is 7.69. The van der Waals surface area contributed by atoms with Gasteiger partial charge in [0, 0.05) is 18.8 Å². The fourth-order valence-corrected chi connectivity index (χ4v) is 3.77. The number of H-pyrrole nitrogens is 1. The summed E-state index contributed by atoms with van der Waals surface area (Å²) in [4.78, 5) is 14.0. The summed E-state index contributed by atoms with van der Waals surface area (Å²) in [7, 11) is 0. The monoisotopic (exact) mass is 432 g/mol. The number of aromatic amines is 1. The summed E-state index contributed by atoms with van der Waals surface area (Å²) in [5, 5.41) is 10.4. The number of likely N-dealkylation sites (tertiary alicyclic amines) is 1. The Morgan fingerprint density at radius 1 is 1.17 bits per heavy atom. The molecule has 162 valence electrons. The highest BCUT2D eigenvalue weighted by molar-refractivity contribution is 5.85. The number of rotatable bonds is 8. The van der Waals surface area contributed by atoms with E-state index in [1.807, 2.05) is 37.3 Å². The molecule has 1 aliphatic rings. The van der Waals surface area contributed by atoms with Crippen molar-refractivity contribution in [2.45, 2.75) is 25.9 Å². The first-order valence-corrected chi connectivity index (χ1v) is 10.2. The highest BCUT2D eigenvalue weighted by Crippen LogP contribution is 2.25. The topological polar surface area (TPSA) is 83.5 Å². The summed E-state index contributed by atoms with van der Waals surface area (Å²) in [5.41, 5.74) is 2.91. The fourth-order valence-electron chi connectivity index (χ4n) is 3.77. The Hall–Kier alpha value is -2.35. The maximum atomic E-state index is 10.4. The van der Waals surface area contributed by atoms with Crippen molar-refractivity contribution >= 4 is 23.4 Å². The fraction of sp³-hybridized carbons (Fsp3) is 0.455. The van der Waals surface area contributed by atoms with Crippen LogP contribution in [-0.4, -0.2) is 63.9 Å². The molecule has 7 nitrogen and oxygen atoms in total. The van der Waals surface area contributed by atoms with E-state index in [0.29, 0.717) is 30.7 Å². The van der Waals surface area contributed by atoms with Crippen molar-refractivity contribution in [3.8, 4) is 11.6 Å². The van der Waals surface area contributed by atoms with Gasteiger partial charge in [-0.15, -0.1) is 12.4 Å². The Morgan fingerprint density at radius 2 is 2.00 bits per heavy atom. The highest BCUT2D eigenvalue weighted by atomic mass is 35.5. The van der Waals surface area contributed by atoms with Gasteiger partial charge in [-0.25, -0.2) is 9.97 Å². The lowest BCUT2D eigenvalue weighted by Gasteiger charge is -2.32. The first-order chi connectivity index (χ1) is 14.2. The summed E-state index contributed by atoms with van der Waals surface area (Å²) < 4.78 is 11.6. The molecule has 1 atom stereocenters. The summed E-state index contributed by atoms with van der Waals surface area (Å²) >= 11 is 0. The molecule has 0 saturated carbocycles. The molecule has 2 N–H and O–H groups in total. The number of pyridine rings is 1. The van der Waals surface area contributed by atoms with E-state index in [2.05, 4.69) is 19.9 Å². The van der Waals surface area contributed by atoms with Crippen LogP contribution >= 0.6 is 12.4 Å². The average Bonchev–Trinajstić information content (AvgIpc) is 3.25. The number of piperidine rings is 1. The summed E-state index contributed by atoms with van der Waals surface area (Å²) in [5.74, 6) is 1.92. The number of ether oxygens (including phenoxy) is 2. The molecule has 1 saturated heterocycles. The van der Waals surface area contributed by atoms with Gasteiger partial charge in [-0.05, 0) is 56.5 Å². The predicted molar refractivity (Wildman–Crippen MR) is 118 cm³/mol. The molecule has 1 unspecified atom stereocenters. The quantitative estimate of drug-likeness (QED) is 0.568. The van der Waals surface area contributed by atoms with E-state index in [1.54, 1.807) is 12.5 Å². The molecule has 8 heteroatoms. The Morgan fingerprint density at radius 3 is 2.77 bits per heavy atom. The molecular weight excluding hydrogens is 404 g/mol. The van der Waals surface area contributed by atoms with Gasteiger partial charge in [0.25, 0.3) is 0 Å². The molecule has 0 amide bonds. The molecule has 3 heterocycles. The van der Waals surface area contributed by atoms with Crippen LogP contribution in [0, 0.1) is 12.8 Å². The minimum atomic E-state index is -0.536. The third-order valence-electron chi connectivity index (χ3n) is 5.46. The van der Waals surface area contributed by atoms with Gasteiger partial charge in [0.2, 0.25) is 5.88 Å². The largest absolute Gasteiger partial charge is 0.488 e. The minimum Gasteiger partial charge on any atom is -0.488 e. The van der Waals surface area contributed by atoms with E-state index in [-0.39, 0.29) is 19.0 Å². The predicted octanol–water partition coefficient (Wildman–Crippen LogP) is 3.22. The molecule has 0 aliphatic carbocycles. The van der Waals surface area contributed by atoms with Crippen LogP contribution in [0.25, 0.3) is 11.0 Å². The minimum absolute atomic E-state index is 0. The molecule has 0 radical (unpaired) electrons. The third kappa shape index (κ3) is 5.62. The summed E-state index contributed by atoms with van der Waals surface area (Å²) in [6, 6.07) is 9.62. The van der Waals surface area contributed by atoms with Crippen LogP contribution in [0.3, 0.4) is 0 Å². The molecule has 2 aromatic heterocycles. The Labute approximate surface area is 182 Å². The van der Waals surface area contributed by atoms with E-state index in [0.717, 1.165) is 42.5 Å². The van der Waals surface area contributed by atoms with Gasteiger partial charge < -0.3 is 24.5 Å². The van der Waals surface area contributed by atoms with E-state index in [4.69, 9.17) is 9.47 Å². The number of nitrogens with zero attached hydrogens (tertiary/aromatic N) is 3. The number of fused-ring (bicyclic) bond motifs is 1. The van der Waals surface area contributed by atoms with Crippen molar-refractivity contribution in [1.29, 1.82) is 0 Å². The number of nitrogens with one attached hydrogen (secondary N) is 1. The standard InChI is InChI=1S/C22H28N4O3.ClH/c1-16-5-6-19(22-21(16)24-15-25-22)28-14-18(27)12-26-10-7-17(8-11-26)13-29-20-4-2-3-9-23-20;/h2-6,9,15,17-18,27H,7-8,10-14H2,1H3,(H,24,25);1H. The van der Waals surface area contributed by atoms with Crippen LogP contribution in [0.5, 0.6) is 11.6 Å². The maximum absolute atomic E-state index is 10.4. The number of aryl methyl sites for hydroxylation is 1. The van der Waals surface area contributed by atoms with Crippen LogP contribution in [0.15, 0.2) is 42.9 Å². The maximum Gasteiger partial charge on any atom is 0.213 e. The number of hydrogen-bond acceptors (Lipinski definition) is 6. The van der Waals surface area contributed by atoms with Gasteiger partial charge in [0.15, 0.2) is 0 Å². The second-order valence-corrected chi connectivity index (χ2v) is 7.69. The zero-order valence-corrected chi connectivity index (χ0v) is 18.0. The lowest BCUT2D eigenvalue weighted by atomic mass is 9.97. The Balaban J connectivity index is 0.00000256. The van der Waals surface area contributed by atoms with Gasteiger partial charge in [0.05, 0.1) is 18.5 Å². The first kappa shape index (κ1) is 22.3. The molecule has 0 spiro atoms. The van der Waals surface area contributed by atoms with Gasteiger partial charge >= 0.3 is 0 Å². The van der Waals surface area contributed by atoms with Gasteiger partial charge in [-0.3, -0.25) is 0 Å². The van der Waals surface area contributed by atoms with Crippen molar-refractivity contribution in [3.05, 3.63) is 48.4 Å². The molecule has 0 bridgehead atoms. The van der Waals surface area contributed by atoms with Crippen molar-refractivity contribution < 1.29 is 14.6 Å². The molecule has 1 aliphatic heterocycles. The zero-order chi connectivity index (χ0) is 20.1. The van der Waals surface area contributed by atoms with Crippen molar-refractivity contribution in [2.75, 3.05) is 32.8 Å². The smallest absolute Gasteiger partial charge is 0.213 e. The summed E-state index contributed by atoms with van der Waals surface area (Å²) in [6.07, 6.45) is 5.00. The first-order valence-electron chi connectivity index (χ1n) is 10.2. The van der Waals surface area contributed by atoms with Gasteiger partial charge in [0.1, 0.15) is 24.0 Å². The van der Waals surface area contributed by atoms with Crippen molar-refractivity contribution in [1.82, 2.24) is 19.9 Å². The molecule has 1 aromatic carbocycles. The van der Waals surface area contributed by atoms with Crippen LogP contribution in [0.2, 0.25) is 0 Å². The number of imidazole rings is 1. The lowest BCUT2D eigenvalue weighted by molar-refractivity contribution is 0.0504. The molecule has 4 rings (SSSR count). The third-order valence-corrected chi connectivity index (χ3v) is 5.46. The number of benzene rings is 1. The number of aromatic nitrogens is 3. The van der Waals surface area contributed by atoms with Crippen LogP contribution in [0.1, 0.15) is 18.4 Å². The Bertz CT molecular complexity index is 913. The second kappa shape index (κ2) is 10.6. The number of aliphatic hydroxyl groups excluding tert-OH is 1. The van der Waals surface area contributed by atoms with E-state index in [9.17, 15) is 5.11 Å². The molecular formula is C22H29ClN4O3. The van der Waals surface area contributed by atoms with Crippen molar-refractivity contribution in [2.24, 2.45) is 5.92 Å². The normalized spacial score (nSPS) is 16.2. The Kier molecular flexibility index (Phi) is 7.90. The number of halogens is 1. The van der Waals surface area contributed by atoms with Gasteiger partial charge in [-0.1, -0.05) is 12.1 Å². The lowest BCUT2D eigenvalue weighted by Crippen LogP contribution is -2.41. The molecule has 3 aromatic rings. The summed E-state index contributed by atoms with van der Waals surface area (Å²) in [6.45, 7) is 5.52. The number of β-amino-alcohol motifs (C(OH)–C–C–N with tert-alkyl or cyclic N) is 1.